The van der Waals surface area contributed by atoms with Crippen molar-refractivity contribution in [3.05, 3.63) is 46.5 Å². The number of hydrogen-bond donors (Lipinski definition) is 1. The fraction of sp³-hybridized carbons (Fsp3) is 0.357. The second-order valence-corrected chi connectivity index (χ2v) is 5.79. The molecule has 1 N–H and O–H groups in total. The lowest BCUT2D eigenvalue weighted by molar-refractivity contribution is 0.0425. The van der Waals surface area contributed by atoms with E-state index in [4.69, 9.17) is 4.74 Å². The Morgan fingerprint density at radius 2 is 2.21 bits per heavy atom. The van der Waals surface area contributed by atoms with E-state index in [2.05, 4.69) is 20.9 Å². The van der Waals surface area contributed by atoms with Crippen LogP contribution in [-0.4, -0.2) is 20.8 Å². The molecule has 100 valence electrons. The Labute approximate surface area is 120 Å². The highest BCUT2D eigenvalue weighted by atomic mass is 79.9. The number of ether oxygens (including phenoxy) is 1. The van der Waals surface area contributed by atoms with E-state index in [-0.39, 0.29) is 12.0 Å². The highest BCUT2D eigenvalue weighted by Crippen LogP contribution is 2.43. The zero-order valence-electron chi connectivity index (χ0n) is 10.7. The topological polar surface area (TPSA) is 47.3 Å². The predicted molar refractivity (Wildman–Crippen MR) is 75.1 cm³/mol. The van der Waals surface area contributed by atoms with Gasteiger partial charge in [0.15, 0.2) is 0 Å². The molecule has 0 unspecified atom stereocenters. The molecule has 0 radical (unpaired) electrons. The molecule has 2 heterocycles. The van der Waals surface area contributed by atoms with E-state index in [1.807, 2.05) is 42.9 Å². The highest BCUT2D eigenvalue weighted by molar-refractivity contribution is 9.10. The number of fused-ring (bicyclic) bond motifs is 1. The molecule has 3 rings (SSSR count). The molecule has 1 aliphatic rings. The van der Waals surface area contributed by atoms with Gasteiger partial charge in [-0.2, -0.15) is 0 Å². The van der Waals surface area contributed by atoms with Crippen LogP contribution < -0.4 is 4.74 Å². The number of hydrogen-bond acceptors (Lipinski definition) is 3. The Balaban J connectivity index is 2.07. The van der Waals surface area contributed by atoms with Crippen LogP contribution in [0.4, 0.5) is 0 Å². The number of aliphatic hydroxyl groups excluding tert-OH is 1. The number of nitrogens with zero attached hydrogens (tertiary/aromatic N) is 2. The van der Waals surface area contributed by atoms with Crippen molar-refractivity contribution in [2.75, 3.05) is 0 Å². The maximum atomic E-state index is 10.7. The molecule has 1 aliphatic heterocycles. The molecule has 0 saturated carbocycles. The first-order chi connectivity index (χ1) is 9.08. The van der Waals surface area contributed by atoms with E-state index in [1.165, 1.54) is 0 Å². The van der Waals surface area contributed by atoms with E-state index >= 15 is 0 Å². The average molecular weight is 323 g/mol. The number of aliphatic hydroxyl groups is 1. The molecule has 1 aromatic heterocycles. The third-order valence-corrected chi connectivity index (χ3v) is 4.10. The van der Waals surface area contributed by atoms with Gasteiger partial charge in [-0.1, -0.05) is 15.9 Å². The van der Waals surface area contributed by atoms with E-state index in [0.717, 1.165) is 21.6 Å². The van der Waals surface area contributed by atoms with Crippen molar-refractivity contribution in [1.82, 2.24) is 9.55 Å². The molecular weight excluding hydrogens is 308 g/mol. The van der Waals surface area contributed by atoms with Gasteiger partial charge in [-0.15, -0.1) is 0 Å². The minimum Gasteiger partial charge on any atom is -0.489 e. The Bertz CT molecular complexity index is 611. The van der Waals surface area contributed by atoms with Crippen molar-refractivity contribution in [3.63, 3.8) is 0 Å². The SMILES string of the molecule is C[C@H]1Oc2ccc(Br)cc2[C@@H](O)[C@@H]1c1nccn1C. The van der Waals surface area contributed by atoms with Crippen molar-refractivity contribution < 1.29 is 9.84 Å². The summed E-state index contributed by atoms with van der Waals surface area (Å²) < 4.78 is 8.77. The lowest BCUT2D eigenvalue weighted by atomic mass is 9.87. The molecule has 0 fully saturated rings. The smallest absolute Gasteiger partial charge is 0.125 e. The lowest BCUT2D eigenvalue weighted by Crippen LogP contribution is -2.33. The molecule has 4 nitrogen and oxygen atoms in total. The number of aromatic nitrogens is 2. The van der Waals surface area contributed by atoms with Crippen LogP contribution in [0, 0.1) is 0 Å². The van der Waals surface area contributed by atoms with E-state index in [0.29, 0.717) is 0 Å². The standard InChI is InChI=1S/C14H15BrN2O2/c1-8-12(14-16-5-6-17(14)2)13(18)10-7-9(15)3-4-11(10)19-8/h3-8,12-13,18H,1-2H3/t8-,12-,13-/m1/s1. The third-order valence-electron chi connectivity index (χ3n) is 3.61. The predicted octanol–water partition coefficient (Wildman–Crippen LogP) is 2.78. The minimum atomic E-state index is -0.614. The van der Waals surface area contributed by atoms with Crippen LogP contribution in [-0.2, 0) is 7.05 Å². The van der Waals surface area contributed by atoms with Crippen molar-refractivity contribution >= 4 is 15.9 Å². The van der Waals surface area contributed by atoms with Gasteiger partial charge in [0, 0.05) is 29.5 Å². The van der Waals surface area contributed by atoms with Gasteiger partial charge in [0.05, 0.1) is 12.0 Å². The summed E-state index contributed by atoms with van der Waals surface area (Å²) in [6, 6.07) is 5.70. The summed E-state index contributed by atoms with van der Waals surface area (Å²) in [6.07, 6.45) is 2.89. The second-order valence-electron chi connectivity index (χ2n) is 4.87. The molecule has 19 heavy (non-hydrogen) atoms. The van der Waals surface area contributed by atoms with Gasteiger partial charge < -0.3 is 14.4 Å². The molecule has 5 heteroatoms. The average Bonchev–Trinajstić information content (AvgIpc) is 2.77. The molecule has 0 spiro atoms. The van der Waals surface area contributed by atoms with Gasteiger partial charge in [0.2, 0.25) is 0 Å². The molecule has 0 amide bonds. The lowest BCUT2D eigenvalue weighted by Gasteiger charge is -2.35. The van der Waals surface area contributed by atoms with Crippen molar-refractivity contribution in [2.24, 2.45) is 7.05 Å². The minimum absolute atomic E-state index is 0.121. The van der Waals surface area contributed by atoms with Crippen LogP contribution in [0.25, 0.3) is 0 Å². The number of benzene rings is 1. The van der Waals surface area contributed by atoms with Crippen molar-refractivity contribution in [3.8, 4) is 5.75 Å². The van der Waals surface area contributed by atoms with E-state index in [9.17, 15) is 5.11 Å². The fourth-order valence-corrected chi connectivity index (χ4v) is 3.01. The first-order valence-electron chi connectivity index (χ1n) is 6.19. The number of rotatable bonds is 1. The van der Waals surface area contributed by atoms with Crippen LogP contribution in [0.3, 0.4) is 0 Å². The Kier molecular flexibility index (Phi) is 3.11. The highest BCUT2D eigenvalue weighted by Gasteiger charge is 2.38. The zero-order chi connectivity index (χ0) is 13.6. The van der Waals surface area contributed by atoms with Crippen LogP contribution >= 0.6 is 15.9 Å². The van der Waals surface area contributed by atoms with Gasteiger partial charge in [-0.05, 0) is 25.1 Å². The molecule has 2 aromatic rings. The largest absolute Gasteiger partial charge is 0.489 e. The van der Waals surface area contributed by atoms with Crippen LogP contribution in [0.2, 0.25) is 0 Å². The maximum Gasteiger partial charge on any atom is 0.125 e. The summed E-state index contributed by atoms with van der Waals surface area (Å²) in [7, 11) is 1.93. The fourth-order valence-electron chi connectivity index (χ4n) is 2.63. The first kappa shape index (κ1) is 12.7. The molecule has 0 saturated heterocycles. The Morgan fingerprint density at radius 3 is 2.89 bits per heavy atom. The third kappa shape index (κ3) is 2.07. The van der Waals surface area contributed by atoms with Crippen molar-refractivity contribution in [1.29, 1.82) is 0 Å². The monoisotopic (exact) mass is 322 g/mol. The number of halogens is 1. The molecule has 3 atom stereocenters. The normalized spacial score (nSPS) is 25.8. The molecule has 0 aliphatic carbocycles. The van der Waals surface area contributed by atoms with Crippen LogP contribution in [0.5, 0.6) is 5.75 Å². The summed E-state index contributed by atoms with van der Waals surface area (Å²) in [4.78, 5) is 4.35. The maximum absolute atomic E-state index is 10.7. The summed E-state index contributed by atoms with van der Waals surface area (Å²) in [5.74, 6) is 1.42. The first-order valence-corrected chi connectivity index (χ1v) is 6.98. The second kappa shape index (κ2) is 4.65. The summed E-state index contributed by atoms with van der Waals surface area (Å²) >= 11 is 3.43. The Morgan fingerprint density at radius 1 is 1.42 bits per heavy atom. The van der Waals surface area contributed by atoms with Gasteiger partial charge >= 0.3 is 0 Å². The van der Waals surface area contributed by atoms with Crippen LogP contribution in [0.15, 0.2) is 35.1 Å². The van der Waals surface area contributed by atoms with Gasteiger partial charge in [0.25, 0.3) is 0 Å². The summed E-state index contributed by atoms with van der Waals surface area (Å²) in [5.41, 5.74) is 0.806. The zero-order valence-corrected chi connectivity index (χ0v) is 12.3. The molecule has 0 bridgehead atoms. The summed E-state index contributed by atoms with van der Waals surface area (Å²) in [5, 5.41) is 10.7. The Hall–Kier alpha value is -1.33. The molecular formula is C14H15BrN2O2. The summed E-state index contributed by atoms with van der Waals surface area (Å²) in [6.45, 7) is 1.97. The van der Waals surface area contributed by atoms with Crippen LogP contribution in [0.1, 0.15) is 30.3 Å². The van der Waals surface area contributed by atoms with Gasteiger partial charge in [0.1, 0.15) is 17.7 Å². The van der Waals surface area contributed by atoms with Gasteiger partial charge in [-0.3, -0.25) is 0 Å². The van der Waals surface area contributed by atoms with Gasteiger partial charge in [-0.25, -0.2) is 4.98 Å². The molecule has 1 aromatic carbocycles. The quantitative estimate of drug-likeness (QED) is 0.878. The van der Waals surface area contributed by atoms with E-state index in [1.54, 1.807) is 6.20 Å². The van der Waals surface area contributed by atoms with Crippen molar-refractivity contribution in [2.45, 2.75) is 25.0 Å². The number of aryl methyl sites for hydroxylation is 1. The number of imidazole rings is 1. The van der Waals surface area contributed by atoms with E-state index < -0.39 is 6.10 Å².